The summed E-state index contributed by atoms with van der Waals surface area (Å²) in [5, 5.41) is 3.01. The number of nitrogens with one attached hydrogen (secondary N) is 1. The van der Waals surface area contributed by atoms with Crippen LogP contribution in [0.3, 0.4) is 0 Å². The number of amides is 2. The number of aromatic nitrogens is 2. The molecule has 0 bridgehead atoms. The molecule has 1 saturated carbocycles. The molecule has 152 valence electrons. The van der Waals surface area contributed by atoms with E-state index in [1.165, 1.54) is 0 Å². The number of carbonyl (C=O) groups excluding carboxylic acids is 2. The molecule has 1 aliphatic rings. The maximum Gasteiger partial charge on any atom is 0.242 e. The van der Waals surface area contributed by atoms with Crippen molar-refractivity contribution in [1.82, 2.24) is 19.8 Å². The second-order valence-corrected chi connectivity index (χ2v) is 7.65. The molecular formula is C22H32N4O2. The molecule has 28 heavy (non-hydrogen) atoms. The topological polar surface area (TPSA) is 67.2 Å². The summed E-state index contributed by atoms with van der Waals surface area (Å²) < 4.78 is 2.05. The molecule has 3 rings (SSSR count). The van der Waals surface area contributed by atoms with Gasteiger partial charge in [0.25, 0.3) is 0 Å². The van der Waals surface area contributed by atoms with Crippen LogP contribution in [0.5, 0.6) is 0 Å². The first-order chi connectivity index (χ1) is 13.6. The maximum atomic E-state index is 12.9. The van der Waals surface area contributed by atoms with Crippen molar-refractivity contribution in [2.75, 3.05) is 19.6 Å². The quantitative estimate of drug-likeness (QED) is 0.605. The maximum absolute atomic E-state index is 12.9. The lowest BCUT2D eigenvalue weighted by Crippen LogP contribution is -2.35. The monoisotopic (exact) mass is 384 g/mol. The Morgan fingerprint density at radius 2 is 1.89 bits per heavy atom. The van der Waals surface area contributed by atoms with Crippen LogP contribution in [-0.4, -0.2) is 45.9 Å². The third kappa shape index (κ3) is 5.12. The summed E-state index contributed by atoms with van der Waals surface area (Å²) in [5.41, 5.74) is 1.92. The molecule has 1 aromatic carbocycles. The molecule has 0 saturated heterocycles. The van der Waals surface area contributed by atoms with Crippen molar-refractivity contribution >= 4 is 22.8 Å². The smallest absolute Gasteiger partial charge is 0.242 e. The van der Waals surface area contributed by atoms with E-state index in [0.29, 0.717) is 13.1 Å². The van der Waals surface area contributed by atoms with Crippen LogP contribution in [-0.2, 0) is 22.6 Å². The van der Waals surface area contributed by atoms with Gasteiger partial charge in [0.15, 0.2) is 0 Å². The van der Waals surface area contributed by atoms with Gasteiger partial charge in [-0.05, 0) is 44.2 Å². The highest BCUT2D eigenvalue weighted by Gasteiger charge is 2.29. The van der Waals surface area contributed by atoms with E-state index in [1.54, 1.807) is 0 Å². The van der Waals surface area contributed by atoms with Crippen molar-refractivity contribution < 1.29 is 9.59 Å². The van der Waals surface area contributed by atoms with Crippen LogP contribution >= 0.6 is 0 Å². The van der Waals surface area contributed by atoms with Gasteiger partial charge in [-0.15, -0.1) is 0 Å². The first-order valence-corrected chi connectivity index (χ1v) is 10.6. The molecule has 0 aliphatic heterocycles. The Hall–Kier alpha value is -2.37. The molecule has 0 radical (unpaired) electrons. The Morgan fingerprint density at radius 3 is 2.57 bits per heavy atom. The average molecular weight is 385 g/mol. The van der Waals surface area contributed by atoms with E-state index in [2.05, 4.69) is 23.7 Å². The van der Waals surface area contributed by atoms with E-state index in [9.17, 15) is 9.59 Å². The van der Waals surface area contributed by atoms with Gasteiger partial charge in [-0.2, -0.15) is 0 Å². The van der Waals surface area contributed by atoms with Crippen LogP contribution in [0.4, 0.5) is 0 Å². The lowest BCUT2D eigenvalue weighted by molar-refractivity contribution is -0.132. The number of carbonyl (C=O) groups is 2. The normalized spacial score (nSPS) is 13.6. The highest BCUT2D eigenvalue weighted by molar-refractivity contribution is 5.81. The zero-order valence-corrected chi connectivity index (χ0v) is 17.1. The number of para-hydroxylation sites is 2. The summed E-state index contributed by atoms with van der Waals surface area (Å²) in [6, 6.07) is 7.98. The van der Waals surface area contributed by atoms with Gasteiger partial charge in [0.05, 0.1) is 11.0 Å². The molecule has 1 N–H and O–H groups in total. The van der Waals surface area contributed by atoms with Gasteiger partial charge in [-0.1, -0.05) is 26.0 Å². The van der Waals surface area contributed by atoms with Crippen molar-refractivity contribution in [2.24, 2.45) is 5.92 Å². The summed E-state index contributed by atoms with van der Waals surface area (Å²) in [5.74, 6) is 1.49. The zero-order chi connectivity index (χ0) is 19.9. The molecule has 2 aromatic rings. The minimum absolute atomic E-state index is 0.148. The summed E-state index contributed by atoms with van der Waals surface area (Å²) in [6.45, 7) is 6.77. The molecule has 0 spiro atoms. The van der Waals surface area contributed by atoms with Crippen LogP contribution in [0.25, 0.3) is 11.0 Å². The summed E-state index contributed by atoms with van der Waals surface area (Å²) in [6.07, 6.45) is 5.54. The number of hydrogen-bond acceptors (Lipinski definition) is 3. The number of nitrogens with zero attached hydrogens (tertiary/aromatic N) is 3. The Bertz CT molecular complexity index is 804. The summed E-state index contributed by atoms with van der Waals surface area (Å²) >= 11 is 0. The number of fused-ring (bicyclic) bond motifs is 1. The van der Waals surface area contributed by atoms with Crippen molar-refractivity contribution in [3.8, 4) is 0 Å². The number of hydrogen-bond donors (Lipinski definition) is 1. The largest absolute Gasteiger partial charge is 0.356 e. The second-order valence-electron chi connectivity index (χ2n) is 7.65. The molecule has 1 aliphatic carbocycles. The van der Waals surface area contributed by atoms with Crippen LogP contribution in [0.2, 0.25) is 0 Å². The SMILES string of the molecule is CCCN(CCC)C(=O)Cn1c(CCCNC(=O)C2CC2)nc2ccccc21. The summed E-state index contributed by atoms with van der Waals surface area (Å²) in [4.78, 5) is 31.4. The molecular weight excluding hydrogens is 352 g/mol. The minimum Gasteiger partial charge on any atom is -0.356 e. The van der Waals surface area contributed by atoms with Crippen LogP contribution in [0, 0.1) is 5.92 Å². The number of rotatable bonds is 11. The van der Waals surface area contributed by atoms with Gasteiger partial charge in [0.2, 0.25) is 11.8 Å². The van der Waals surface area contributed by atoms with Crippen molar-refractivity contribution in [3.05, 3.63) is 30.1 Å². The molecule has 0 unspecified atom stereocenters. The molecule has 1 aromatic heterocycles. The van der Waals surface area contributed by atoms with Gasteiger partial charge < -0.3 is 14.8 Å². The van der Waals surface area contributed by atoms with Gasteiger partial charge >= 0.3 is 0 Å². The summed E-state index contributed by atoms with van der Waals surface area (Å²) in [7, 11) is 0. The van der Waals surface area contributed by atoms with Crippen LogP contribution in [0.1, 0.15) is 51.8 Å². The number of imidazole rings is 1. The fraction of sp³-hybridized carbons (Fsp3) is 0.591. The molecule has 1 heterocycles. The van der Waals surface area contributed by atoms with Crippen LogP contribution < -0.4 is 5.32 Å². The lowest BCUT2D eigenvalue weighted by Gasteiger charge is -2.22. The van der Waals surface area contributed by atoms with Crippen molar-refractivity contribution in [3.63, 3.8) is 0 Å². The average Bonchev–Trinajstić information content (AvgIpc) is 3.49. The van der Waals surface area contributed by atoms with E-state index in [4.69, 9.17) is 4.98 Å². The highest BCUT2D eigenvalue weighted by Crippen LogP contribution is 2.28. The Kier molecular flexibility index (Phi) is 7.06. The molecule has 2 amide bonds. The lowest BCUT2D eigenvalue weighted by atomic mass is 10.2. The Morgan fingerprint density at radius 1 is 1.18 bits per heavy atom. The van der Waals surface area contributed by atoms with Crippen LogP contribution in [0.15, 0.2) is 24.3 Å². The van der Waals surface area contributed by atoms with Gasteiger partial charge in [-0.25, -0.2) is 4.98 Å². The molecule has 0 atom stereocenters. The first kappa shape index (κ1) is 20.4. The van der Waals surface area contributed by atoms with Gasteiger partial charge in [0, 0.05) is 32.0 Å². The third-order valence-corrected chi connectivity index (χ3v) is 5.19. The Balaban J connectivity index is 1.69. The molecule has 6 heteroatoms. The second kappa shape index (κ2) is 9.71. The zero-order valence-electron chi connectivity index (χ0n) is 17.1. The van der Waals surface area contributed by atoms with E-state index in [-0.39, 0.29) is 17.7 Å². The predicted octanol–water partition coefficient (Wildman–Crippen LogP) is 3.14. The number of benzene rings is 1. The fourth-order valence-electron chi connectivity index (χ4n) is 3.58. The van der Waals surface area contributed by atoms with Crippen molar-refractivity contribution in [1.29, 1.82) is 0 Å². The molecule has 1 fully saturated rings. The van der Waals surface area contributed by atoms with E-state index in [0.717, 1.165) is 68.5 Å². The van der Waals surface area contributed by atoms with Crippen molar-refractivity contribution in [2.45, 2.75) is 58.9 Å². The first-order valence-electron chi connectivity index (χ1n) is 10.6. The number of aryl methyl sites for hydroxylation is 1. The van der Waals surface area contributed by atoms with Gasteiger partial charge in [-0.3, -0.25) is 9.59 Å². The minimum atomic E-state index is 0.148. The van der Waals surface area contributed by atoms with E-state index in [1.807, 2.05) is 29.2 Å². The predicted molar refractivity (Wildman–Crippen MR) is 111 cm³/mol. The Labute approximate surface area is 167 Å². The van der Waals surface area contributed by atoms with E-state index >= 15 is 0 Å². The van der Waals surface area contributed by atoms with Gasteiger partial charge in [0.1, 0.15) is 12.4 Å². The fourth-order valence-corrected chi connectivity index (χ4v) is 3.58. The molecule has 6 nitrogen and oxygen atoms in total. The van der Waals surface area contributed by atoms with E-state index < -0.39 is 0 Å². The third-order valence-electron chi connectivity index (χ3n) is 5.19. The highest BCUT2D eigenvalue weighted by atomic mass is 16.2. The standard InChI is InChI=1S/C22H32N4O2/c1-3-14-25(15-4-2)21(27)16-26-19-9-6-5-8-18(19)24-20(26)10-7-13-23-22(28)17-11-12-17/h5-6,8-9,17H,3-4,7,10-16H2,1-2H3,(H,23,28).